The predicted molar refractivity (Wildman–Crippen MR) is 89.3 cm³/mol. The number of nitrogens with one attached hydrogen (secondary N) is 1. The monoisotopic (exact) mass is 318 g/mol. The number of rotatable bonds is 4. The lowest BCUT2D eigenvalue weighted by Gasteiger charge is -2.02. The predicted octanol–water partition coefficient (Wildman–Crippen LogP) is 4.02. The minimum Gasteiger partial charge on any atom is -0.472 e. The van der Waals surface area contributed by atoms with Crippen LogP contribution in [-0.2, 0) is 6.54 Å². The maximum atomic E-state index is 12.3. The number of aromatic nitrogens is 1. The Morgan fingerprint density at radius 1 is 1.04 bits per heavy atom. The lowest BCUT2D eigenvalue weighted by Crippen LogP contribution is -2.22. The molecule has 24 heavy (non-hydrogen) atoms. The second-order valence-electron chi connectivity index (χ2n) is 5.41. The first kappa shape index (κ1) is 14.3. The molecule has 0 fully saturated rings. The van der Waals surface area contributed by atoms with Crippen LogP contribution in [0, 0.1) is 0 Å². The molecule has 3 aromatic heterocycles. The van der Waals surface area contributed by atoms with E-state index < -0.39 is 0 Å². The molecule has 4 rings (SSSR count). The third kappa shape index (κ3) is 2.79. The van der Waals surface area contributed by atoms with Gasteiger partial charge in [-0.3, -0.25) is 9.78 Å². The third-order valence-electron chi connectivity index (χ3n) is 3.80. The molecule has 0 saturated heterocycles. The lowest BCUT2D eigenvalue weighted by atomic mass is 10.1. The van der Waals surface area contributed by atoms with Gasteiger partial charge in [0.2, 0.25) is 0 Å². The number of benzene rings is 1. The quantitative estimate of drug-likeness (QED) is 0.617. The first-order valence-corrected chi connectivity index (χ1v) is 7.53. The molecule has 118 valence electrons. The van der Waals surface area contributed by atoms with E-state index in [1.807, 2.05) is 36.4 Å². The van der Waals surface area contributed by atoms with E-state index in [1.54, 1.807) is 31.0 Å². The van der Waals surface area contributed by atoms with Crippen LogP contribution < -0.4 is 5.32 Å². The zero-order valence-electron chi connectivity index (χ0n) is 12.7. The van der Waals surface area contributed by atoms with Crippen LogP contribution in [0.5, 0.6) is 0 Å². The standard InChI is InChI=1S/C19H14N2O3/c22-19(21-11-13-3-6-20-7-4-13)18-10-15-2-1-14(9-17(15)24-18)16-5-8-23-12-16/h1-10,12H,11H2,(H,21,22). The van der Waals surface area contributed by atoms with E-state index in [0.717, 1.165) is 22.1 Å². The Morgan fingerprint density at radius 2 is 1.92 bits per heavy atom. The Labute approximate surface area is 137 Å². The first-order chi connectivity index (χ1) is 11.8. The molecule has 0 radical (unpaired) electrons. The van der Waals surface area contributed by atoms with Crippen molar-refractivity contribution in [2.45, 2.75) is 6.54 Å². The summed E-state index contributed by atoms with van der Waals surface area (Å²) in [6, 6.07) is 13.1. The second-order valence-corrected chi connectivity index (χ2v) is 5.41. The summed E-state index contributed by atoms with van der Waals surface area (Å²) in [5.41, 5.74) is 3.60. The number of pyridine rings is 1. The number of hydrogen-bond acceptors (Lipinski definition) is 4. The molecule has 5 nitrogen and oxygen atoms in total. The van der Waals surface area contributed by atoms with E-state index in [-0.39, 0.29) is 5.91 Å². The molecule has 0 atom stereocenters. The topological polar surface area (TPSA) is 68.3 Å². The van der Waals surface area contributed by atoms with E-state index in [0.29, 0.717) is 17.9 Å². The van der Waals surface area contributed by atoms with Crippen LogP contribution in [0.25, 0.3) is 22.1 Å². The number of furan rings is 2. The Bertz CT molecular complexity index is 972. The van der Waals surface area contributed by atoms with Gasteiger partial charge in [-0.1, -0.05) is 12.1 Å². The van der Waals surface area contributed by atoms with Crippen molar-refractivity contribution in [3.05, 3.63) is 78.7 Å². The van der Waals surface area contributed by atoms with Crippen molar-refractivity contribution in [1.82, 2.24) is 10.3 Å². The molecular formula is C19H14N2O3. The zero-order chi connectivity index (χ0) is 16.4. The van der Waals surface area contributed by atoms with E-state index in [1.165, 1.54) is 0 Å². The van der Waals surface area contributed by atoms with Crippen molar-refractivity contribution >= 4 is 16.9 Å². The van der Waals surface area contributed by atoms with Gasteiger partial charge in [-0.15, -0.1) is 0 Å². The lowest BCUT2D eigenvalue weighted by molar-refractivity contribution is 0.0925. The molecule has 1 N–H and O–H groups in total. The number of nitrogens with zero attached hydrogens (tertiary/aromatic N) is 1. The van der Waals surface area contributed by atoms with Gasteiger partial charge in [-0.2, -0.15) is 0 Å². The van der Waals surface area contributed by atoms with Gasteiger partial charge in [0, 0.05) is 29.9 Å². The van der Waals surface area contributed by atoms with Crippen LogP contribution in [0.15, 0.2) is 76.2 Å². The highest BCUT2D eigenvalue weighted by molar-refractivity contribution is 5.96. The van der Waals surface area contributed by atoms with E-state index in [9.17, 15) is 4.79 Å². The molecule has 1 amide bonds. The fraction of sp³-hybridized carbons (Fsp3) is 0.0526. The summed E-state index contributed by atoms with van der Waals surface area (Å²) in [5, 5.41) is 3.73. The van der Waals surface area contributed by atoms with E-state index in [2.05, 4.69) is 10.3 Å². The van der Waals surface area contributed by atoms with Crippen LogP contribution >= 0.6 is 0 Å². The molecule has 5 heteroatoms. The Balaban J connectivity index is 1.55. The van der Waals surface area contributed by atoms with Gasteiger partial charge in [0.1, 0.15) is 5.58 Å². The third-order valence-corrected chi connectivity index (χ3v) is 3.80. The van der Waals surface area contributed by atoms with Crippen LogP contribution in [0.4, 0.5) is 0 Å². The number of hydrogen-bond donors (Lipinski definition) is 1. The summed E-state index contributed by atoms with van der Waals surface area (Å²) in [7, 11) is 0. The first-order valence-electron chi connectivity index (χ1n) is 7.53. The van der Waals surface area contributed by atoms with E-state index >= 15 is 0 Å². The molecular weight excluding hydrogens is 304 g/mol. The molecule has 0 bridgehead atoms. The fourth-order valence-corrected chi connectivity index (χ4v) is 2.52. The molecule has 0 aliphatic heterocycles. The Kier molecular flexibility index (Phi) is 3.59. The summed E-state index contributed by atoms with van der Waals surface area (Å²) in [4.78, 5) is 16.2. The highest BCUT2D eigenvalue weighted by atomic mass is 16.3. The summed E-state index contributed by atoms with van der Waals surface area (Å²) in [6.07, 6.45) is 6.69. The maximum Gasteiger partial charge on any atom is 0.287 e. The van der Waals surface area contributed by atoms with Gasteiger partial charge in [0.15, 0.2) is 5.76 Å². The summed E-state index contributed by atoms with van der Waals surface area (Å²) < 4.78 is 10.8. The van der Waals surface area contributed by atoms with Crippen LogP contribution in [0.1, 0.15) is 16.1 Å². The van der Waals surface area contributed by atoms with Crippen LogP contribution in [0.2, 0.25) is 0 Å². The Hall–Kier alpha value is -3.34. The SMILES string of the molecule is O=C(NCc1ccncc1)c1cc2ccc(-c3ccoc3)cc2o1. The fourth-order valence-electron chi connectivity index (χ4n) is 2.52. The molecule has 0 aliphatic carbocycles. The molecule has 1 aromatic carbocycles. The average Bonchev–Trinajstić information content (AvgIpc) is 3.29. The van der Waals surface area contributed by atoms with E-state index in [4.69, 9.17) is 8.83 Å². The highest BCUT2D eigenvalue weighted by Gasteiger charge is 2.13. The van der Waals surface area contributed by atoms with Crippen molar-refractivity contribution in [3.8, 4) is 11.1 Å². The smallest absolute Gasteiger partial charge is 0.287 e. The van der Waals surface area contributed by atoms with Gasteiger partial charge < -0.3 is 14.2 Å². The summed E-state index contributed by atoms with van der Waals surface area (Å²) in [5.74, 6) is 0.0521. The van der Waals surface area contributed by atoms with Crippen molar-refractivity contribution in [2.24, 2.45) is 0 Å². The van der Waals surface area contributed by atoms with Gasteiger partial charge in [0.25, 0.3) is 5.91 Å². The minimum absolute atomic E-state index is 0.243. The molecule has 0 spiro atoms. The van der Waals surface area contributed by atoms with Crippen LogP contribution in [-0.4, -0.2) is 10.9 Å². The van der Waals surface area contributed by atoms with Gasteiger partial charge in [-0.05, 0) is 41.5 Å². The number of amides is 1. The van der Waals surface area contributed by atoms with Crippen molar-refractivity contribution in [1.29, 1.82) is 0 Å². The summed E-state index contributed by atoms with van der Waals surface area (Å²) >= 11 is 0. The number of fused-ring (bicyclic) bond motifs is 1. The van der Waals surface area contributed by atoms with Crippen molar-refractivity contribution in [2.75, 3.05) is 0 Å². The molecule has 3 heterocycles. The van der Waals surface area contributed by atoms with Crippen LogP contribution in [0.3, 0.4) is 0 Å². The molecule has 4 aromatic rings. The maximum absolute atomic E-state index is 12.3. The van der Waals surface area contributed by atoms with Gasteiger partial charge >= 0.3 is 0 Å². The van der Waals surface area contributed by atoms with Crippen molar-refractivity contribution < 1.29 is 13.6 Å². The second kappa shape index (κ2) is 6.04. The number of carbonyl (C=O) groups is 1. The van der Waals surface area contributed by atoms with Gasteiger partial charge in [0.05, 0.1) is 12.5 Å². The number of carbonyl (C=O) groups excluding carboxylic acids is 1. The Morgan fingerprint density at radius 3 is 2.71 bits per heavy atom. The molecule has 0 saturated carbocycles. The largest absolute Gasteiger partial charge is 0.472 e. The average molecular weight is 318 g/mol. The molecule has 0 unspecified atom stereocenters. The normalized spacial score (nSPS) is 10.8. The minimum atomic E-state index is -0.243. The highest BCUT2D eigenvalue weighted by Crippen LogP contribution is 2.27. The van der Waals surface area contributed by atoms with Crippen molar-refractivity contribution in [3.63, 3.8) is 0 Å². The molecule has 0 aliphatic rings. The van der Waals surface area contributed by atoms with Gasteiger partial charge in [-0.25, -0.2) is 0 Å². The summed E-state index contributed by atoms with van der Waals surface area (Å²) in [6.45, 7) is 0.429. The zero-order valence-corrected chi connectivity index (χ0v) is 12.7.